The molecule has 170 valence electrons. The number of nitrogens with zero attached hydrogens (tertiary/aromatic N) is 3. The quantitative estimate of drug-likeness (QED) is 0.705. The largest absolute Gasteiger partial charge is 0.373 e. The summed E-state index contributed by atoms with van der Waals surface area (Å²) in [5, 5.41) is 5.09. The molecular weight excluding hydrogens is 452 g/mol. The molecular formula is C21H24N4O5S2. The number of hydrogen-bond donors (Lipinski definition) is 1. The predicted molar refractivity (Wildman–Crippen MR) is 118 cm³/mol. The molecule has 1 aliphatic carbocycles. The van der Waals surface area contributed by atoms with E-state index in [2.05, 4.69) is 15.2 Å². The van der Waals surface area contributed by atoms with Gasteiger partial charge in [0, 0.05) is 36.6 Å². The van der Waals surface area contributed by atoms with Crippen LogP contribution in [0.5, 0.6) is 0 Å². The fourth-order valence-corrected chi connectivity index (χ4v) is 6.85. The van der Waals surface area contributed by atoms with Crippen LogP contribution in [-0.4, -0.2) is 65.8 Å². The Balaban J connectivity index is 1.29. The molecule has 5 rings (SSSR count). The second-order valence-electron chi connectivity index (χ2n) is 8.60. The summed E-state index contributed by atoms with van der Waals surface area (Å²) in [7, 11) is -3.91. The molecule has 0 radical (unpaired) electrons. The molecule has 2 aliphatic heterocycles. The minimum atomic E-state index is -3.91. The van der Waals surface area contributed by atoms with Gasteiger partial charge in [0.2, 0.25) is 0 Å². The van der Waals surface area contributed by atoms with Crippen molar-refractivity contribution in [2.45, 2.75) is 56.4 Å². The van der Waals surface area contributed by atoms with E-state index in [4.69, 9.17) is 4.74 Å². The number of amides is 2. The van der Waals surface area contributed by atoms with Gasteiger partial charge in [-0.25, -0.2) is 17.7 Å². The molecule has 1 saturated heterocycles. The zero-order valence-electron chi connectivity index (χ0n) is 17.8. The van der Waals surface area contributed by atoms with Crippen molar-refractivity contribution in [3.63, 3.8) is 0 Å². The number of hydrogen-bond acceptors (Lipinski definition) is 8. The number of nitrogens with one attached hydrogen (secondary N) is 1. The molecule has 1 aromatic carbocycles. The first kappa shape index (κ1) is 21.5. The number of anilines is 1. The Kier molecular flexibility index (Phi) is 5.31. The Labute approximate surface area is 190 Å². The van der Waals surface area contributed by atoms with Gasteiger partial charge in [0.25, 0.3) is 21.8 Å². The number of ether oxygens (including phenoxy) is 1. The molecule has 2 atom stereocenters. The van der Waals surface area contributed by atoms with Gasteiger partial charge < -0.3 is 4.74 Å². The lowest BCUT2D eigenvalue weighted by atomic mass is 10.1. The lowest BCUT2D eigenvalue weighted by molar-refractivity contribution is -0.0707. The van der Waals surface area contributed by atoms with Gasteiger partial charge >= 0.3 is 0 Å². The lowest BCUT2D eigenvalue weighted by Gasteiger charge is -2.34. The normalized spacial score (nSPS) is 25.1. The Morgan fingerprint density at radius 2 is 1.97 bits per heavy atom. The average molecular weight is 477 g/mol. The highest BCUT2D eigenvalue weighted by atomic mass is 32.2. The Morgan fingerprint density at radius 3 is 2.66 bits per heavy atom. The summed E-state index contributed by atoms with van der Waals surface area (Å²) in [5.41, 5.74) is 1.15. The van der Waals surface area contributed by atoms with Crippen LogP contribution in [0.3, 0.4) is 0 Å². The van der Waals surface area contributed by atoms with Crippen LogP contribution in [0.2, 0.25) is 0 Å². The predicted octanol–water partition coefficient (Wildman–Crippen LogP) is 2.31. The smallest absolute Gasteiger partial charge is 0.269 e. The summed E-state index contributed by atoms with van der Waals surface area (Å²) in [6.45, 7) is 6.40. The van der Waals surface area contributed by atoms with Crippen molar-refractivity contribution < 1.29 is 22.7 Å². The van der Waals surface area contributed by atoms with Crippen LogP contribution in [0.25, 0.3) is 0 Å². The second kappa shape index (κ2) is 7.91. The summed E-state index contributed by atoms with van der Waals surface area (Å²) in [5.74, 6) is -0.972. The van der Waals surface area contributed by atoms with Crippen LogP contribution < -0.4 is 5.32 Å². The van der Waals surface area contributed by atoms with Gasteiger partial charge in [0.1, 0.15) is 4.90 Å². The maximum absolute atomic E-state index is 12.8. The molecule has 3 aliphatic rings. The van der Waals surface area contributed by atoms with Gasteiger partial charge in [-0.1, -0.05) is 0 Å². The zero-order valence-corrected chi connectivity index (χ0v) is 19.4. The fourth-order valence-electron chi connectivity index (χ4n) is 4.31. The van der Waals surface area contributed by atoms with Crippen LogP contribution in [0.15, 0.2) is 28.5 Å². The highest BCUT2D eigenvalue weighted by molar-refractivity contribution is 7.90. The molecule has 11 heteroatoms. The van der Waals surface area contributed by atoms with E-state index in [0.717, 1.165) is 23.1 Å². The minimum absolute atomic E-state index is 0.0996. The first-order valence-corrected chi connectivity index (χ1v) is 12.9. The van der Waals surface area contributed by atoms with Crippen molar-refractivity contribution in [2.24, 2.45) is 0 Å². The number of sulfonamides is 1. The first-order valence-electron chi connectivity index (χ1n) is 10.6. The van der Waals surface area contributed by atoms with Gasteiger partial charge in [0.15, 0.2) is 5.13 Å². The number of thiazole rings is 1. The van der Waals surface area contributed by atoms with E-state index in [1.807, 2.05) is 19.2 Å². The number of rotatable bonds is 5. The monoisotopic (exact) mass is 476 g/mol. The minimum Gasteiger partial charge on any atom is -0.373 e. The third kappa shape index (κ3) is 3.94. The van der Waals surface area contributed by atoms with E-state index in [1.54, 1.807) is 0 Å². The van der Waals surface area contributed by atoms with Crippen LogP contribution in [0.1, 0.15) is 53.1 Å². The van der Waals surface area contributed by atoms with Crippen molar-refractivity contribution in [1.29, 1.82) is 0 Å². The summed E-state index contributed by atoms with van der Waals surface area (Å²) in [6.07, 6.45) is 1.69. The van der Waals surface area contributed by atoms with Crippen LogP contribution in [-0.2, 0) is 21.3 Å². The van der Waals surface area contributed by atoms with Crippen molar-refractivity contribution >= 4 is 38.3 Å². The van der Waals surface area contributed by atoms with Gasteiger partial charge in [-0.2, -0.15) is 0 Å². The third-order valence-corrected chi connectivity index (χ3v) is 8.42. The molecule has 2 unspecified atom stereocenters. The summed E-state index contributed by atoms with van der Waals surface area (Å²) < 4.78 is 32.3. The number of benzene rings is 1. The van der Waals surface area contributed by atoms with Crippen molar-refractivity contribution in [2.75, 3.05) is 18.4 Å². The average Bonchev–Trinajstić information content (AvgIpc) is 3.41. The molecule has 32 heavy (non-hydrogen) atoms. The summed E-state index contributed by atoms with van der Waals surface area (Å²) >= 11 is 1.32. The highest BCUT2D eigenvalue weighted by Crippen LogP contribution is 2.39. The third-order valence-electron chi connectivity index (χ3n) is 5.74. The van der Waals surface area contributed by atoms with E-state index in [9.17, 15) is 18.0 Å². The number of morpholine rings is 1. The Hall–Kier alpha value is -2.34. The standard InChI is InChI=1S/C21H24N4O5S2/c1-12-8-24(9-13(2)30-12)10-15-11-31-21(22-15)23-19(26)14-3-6-17-18(7-14)32(28,29)25(20(17)27)16-4-5-16/h3,6-7,11-13,16H,4-5,8-10H2,1-2H3,(H,22,23,26). The van der Waals surface area contributed by atoms with Gasteiger partial charge in [-0.05, 0) is 44.9 Å². The van der Waals surface area contributed by atoms with E-state index in [0.29, 0.717) is 24.5 Å². The topological polar surface area (TPSA) is 109 Å². The van der Waals surface area contributed by atoms with Crippen molar-refractivity contribution in [3.8, 4) is 0 Å². The Morgan fingerprint density at radius 1 is 1.25 bits per heavy atom. The van der Waals surface area contributed by atoms with Gasteiger partial charge in [0.05, 0.1) is 23.5 Å². The molecule has 2 amide bonds. The zero-order chi connectivity index (χ0) is 22.6. The maximum Gasteiger partial charge on any atom is 0.269 e. The first-order chi connectivity index (χ1) is 15.2. The van der Waals surface area contributed by atoms with Crippen LogP contribution in [0.4, 0.5) is 5.13 Å². The molecule has 1 saturated carbocycles. The van der Waals surface area contributed by atoms with Crippen molar-refractivity contribution in [3.05, 3.63) is 40.4 Å². The highest BCUT2D eigenvalue weighted by Gasteiger charge is 2.48. The second-order valence-corrected chi connectivity index (χ2v) is 11.2. The van der Waals surface area contributed by atoms with Gasteiger partial charge in [-0.15, -0.1) is 11.3 Å². The van der Waals surface area contributed by atoms with Gasteiger partial charge in [-0.3, -0.25) is 19.8 Å². The van der Waals surface area contributed by atoms with Crippen molar-refractivity contribution in [1.82, 2.24) is 14.2 Å². The van der Waals surface area contributed by atoms with Crippen LogP contribution >= 0.6 is 11.3 Å². The molecule has 2 aromatic rings. The Bertz CT molecular complexity index is 1180. The fraction of sp³-hybridized carbons (Fsp3) is 0.476. The number of aromatic nitrogens is 1. The van der Waals surface area contributed by atoms with E-state index in [1.165, 1.54) is 29.5 Å². The SMILES string of the molecule is CC1CN(Cc2csc(NC(=O)c3ccc4c(c3)S(=O)(=O)N(C3CC3)C4=O)n2)CC(C)O1. The van der Waals surface area contributed by atoms with E-state index >= 15 is 0 Å². The molecule has 0 spiro atoms. The van der Waals surface area contributed by atoms with E-state index < -0.39 is 21.8 Å². The molecule has 3 heterocycles. The maximum atomic E-state index is 12.8. The number of fused-ring (bicyclic) bond motifs is 1. The summed E-state index contributed by atoms with van der Waals surface area (Å²) in [6, 6.07) is 3.91. The number of carbonyl (C=O) groups is 2. The van der Waals surface area contributed by atoms with E-state index in [-0.39, 0.29) is 34.3 Å². The number of carbonyl (C=O) groups excluding carboxylic acids is 2. The molecule has 1 N–H and O–H groups in total. The molecule has 0 bridgehead atoms. The van der Waals surface area contributed by atoms with Crippen LogP contribution in [0, 0.1) is 0 Å². The summed E-state index contributed by atoms with van der Waals surface area (Å²) in [4.78, 5) is 31.9. The lowest BCUT2D eigenvalue weighted by Crippen LogP contribution is -2.44. The molecule has 2 fully saturated rings. The molecule has 9 nitrogen and oxygen atoms in total. The molecule has 1 aromatic heterocycles.